The molecule has 2 heterocycles. The van der Waals surface area contributed by atoms with E-state index in [2.05, 4.69) is 13.8 Å². The number of fused-ring (bicyclic) bond motifs is 1. The number of hydrogen-bond acceptors (Lipinski definition) is 7. The number of thiophene rings is 1. The van der Waals surface area contributed by atoms with Crippen LogP contribution in [0.15, 0.2) is 29.3 Å². The second-order valence-corrected chi connectivity index (χ2v) is 8.05. The molecule has 1 amide bonds. The monoisotopic (exact) mass is 403 g/mol. The molecule has 142 valence electrons. The van der Waals surface area contributed by atoms with E-state index in [0.717, 1.165) is 33.0 Å². The number of carbonyl (C=O) groups excluding carboxylic acids is 1. The van der Waals surface area contributed by atoms with Crippen molar-refractivity contribution in [1.82, 2.24) is 9.97 Å². The number of hydrogen-bond donors (Lipinski definition) is 1. The van der Waals surface area contributed by atoms with Crippen molar-refractivity contribution in [3.05, 3.63) is 34.7 Å². The lowest BCUT2D eigenvalue weighted by Crippen LogP contribution is -2.14. The van der Waals surface area contributed by atoms with Gasteiger partial charge in [-0.25, -0.2) is 14.8 Å². The first-order valence-electron chi connectivity index (χ1n) is 8.53. The van der Waals surface area contributed by atoms with Crippen LogP contribution in [0.25, 0.3) is 21.6 Å². The van der Waals surface area contributed by atoms with Gasteiger partial charge in [0.15, 0.2) is 5.82 Å². The summed E-state index contributed by atoms with van der Waals surface area (Å²) in [7, 11) is 1.64. The molecule has 8 heteroatoms. The van der Waals surface area contributed by atoms with Crippen molar-refractivity contribution in [2.75, 3.05) is 19.5 Å². The van der Waals surface area contributed by atoms with Gasteiger partial charge in [-0.05, 0) is 43.2 Å². The maximum absolute atomic E-state index is 10.8. The average Bonchev–Trinajstić information content (AvgIpc) is 3.00. The third-order valence-corrected chi connectivity index (χ3v) is 6.07. The molecule has 0 aliphatic carbocycles. The summed E-state index contributed by atoms with van der Waals surface area (Å²) in [5, 5.41) is 2.00. The zero-order chi connectivity index (χ0) is 19.4. The van der Waals surface area contributed by atoms with Gasteiger partial charge in [-0.1, -0.05) is 6.92 Å². The van der Waals surface area contributed by atoms with Crippen molar-refractivity contribution in [3.63, 3.8) is 0 Å². The fourth-order valence-electron chi connectivity index (χ4n) is 2.82. The first kappa shape index (κ1) is 19.4. The Morgan fingerprint density at radius 3 is 2.63 bits per heavy atom. The number of nitrogens with zero attached hydrogens (tertiary/aromatic N) is 2. The smallest absolute Gasteiger partial charge is 0.404 e. The molecule has 0 fully saturated rings. The van der Waals surface area contributed by atoms with Gasteiger partial charge in [0.25, 0.3) is 0 Å². The van der Waals surface area contributed by atoms with Gasteiger partial charge in [0, 0.05) is 21.6 Å². The second-order valence-electron chi connectivity index (χ2n) is 5.77. The Labute approximate surface area is 166 Å². The molecule has 0 bridgehead atoms. The van der Waals surface area contributed by atoms with Gasteiger partial charge < -0.3 is 15.2 Å². The third-order valence-electron chi connectivity index (χ3n) is 4.09. The van der Waals surface area contributed by atoms with Crippen molar-refractivity contribution >= 4 is 39.4 Å². The van der Waals surface area contributed by atoms with E-state index in [4.69, 9.17) is 25.2 Å². The van der Waals surface area contributed by atoms with Crippen molar-refractivity contribution in [3.8, 4) is 17.1 Å². The number of amides is 1. The van der Waals surface area contributed by atoms with Crippen LogP contribution in [0.2, 0.25) is 0 Å². The molecule has 1 aromatic carbocycles. The number of primary amides is 1. The molecular formula is C19H21N3O3S2. The summed E-state index contributed by atoms with van der Waals surface area (Å²) in [6.45, 7) is 4.49. The van der Waals surface area contributed by atoms with E-state index in [-0.39, 0.29) is 6.61 Å². The average molecular weight is 404 g/mol. The Morgan fingerprint density at radius 1 is 1.26 bits per heavy atom. The molecule has 3 aromatic rings. The van der Waals surface area contributed by atoms with Crippen LogP contribution in [-0.2, 0) is 11.2 Å². The molecule has 6 nitrogen and oxygen atoms in total. The minimum Gasteiger partial charge on any atom is -0.497 e. The minimum atomic E-state index is -0.761. The molecule has 2 N–H and O–H groups in total. The minimum absolute atomic E-state index is 0.244. The molecule has 0 atom stereocenters. The molecule has 0 saturated heterocycles. The van der Waals surface area contributed by atoms with Crippen molar-refractivity contribution < 1.29 is 14.3 Å². The number of methoxy groups -OCH3 is 1. The second kappa shape index (κ2) is 8.58. The highest BCUT2D eigenvalue weighted by Gasteiger charge is 2.17. The summed E-state index contributed by atoms with van der Waals surface area (Å²) >= 11 is 3.23. The summed E-state index contributed by atoms with van der Waals surface area (Å²) in [4.78, 5) is 22.6. The van der Waals surface area contributed by atoms with Crippen LogP contribution in [0.4, 0.5) is 4.79 Å². The largest absolute Gasteiger partial charge is 0.497 e. The summed E-state index contributed by atoms with van der Waals surface area (Å²) in [5.41, 5.74) is 7.23. The zero-order valence-corrected chi connectivity index (χ0v) is 17.1. The fraction of sp³-hybridized carbons (Fsp3) is 0.316. The number of nitrogens with two attached hydrogens (primary N) is 1. The topological polar surface area (TPSA) is 87.3 Å². The molecule has 3 rings (SSSR count). The van der Waals surface area contributed by atoms with Gasteiger partial charge >= 0.3 is 6.09 Å². The van der Waals surface area contributed by atoms with E-state index in [1.807, 2.05) is 24.3 Å². The Kier molecular flexibility index (Phi) is 6.18. The van der Waals surface area contributed by atoms with E-state index in [1.165, 1.54) is 10.4 Å². The Hall–Kier alpha value is -2.32. The van der Waals surface area contributed by atoms with Crippen molar-refractivity contribution in [2.45, 2.75) is 25.3 Å². The molecule has 2 aromatic heterocycles. The lowest BCUT2D eigenvalue weighted by Gasteiger charge is -2.08. The van der Waals surface area contributed by atoms with Crippen LogP contribution in [0, 0.1) is 6.92 Å². The van der Waals surface area contributed by atoms with Gasteiger partial charge in [0.05, 0.1) is 7.11 Å². The summed E-state index contributed by atoms with van der Waals surface area (Å²) in [6.07, 6.45) is 0.158. The van der Waals surface area contributed by atoms with E-state index in [9.17, 15) is 4.79 Å². The normalized spacial score (nSPS) is 10.9. The first-order valence-corrected chi connectivity index (χ1v) is 10.3. The number of ether oxygens (including phenoxy) is 2. The van der Waals surface area contributed by atoms with Crippen LogP contribution in [0.5, 0.6) is 5.75 Å². The van der Waals surface area contributed by atoms with E-state index < -0.39 is 6.09 Å². The lowest BCUT2D eigenvalue weighted by molar-refractivity contribution is 0.164. The highest BCUT2D eigenvalue weighted by molar-refractivity contribution is 7.99. The summed E-state index contributed by atoms with van der Waals surface area (Å²) in [5.74, 6) is 2.04. The number of benzene rings is 1. The molecule has 0 spiro atoms. The van der Waals surface area contributed by atoms with E-state index in [0.29, 0.717) is 11.6 Å². The van der Waals surface area contributed by atoms with Crippen LogP contribution in [0.1, 0.15) is 17.4 Å². The Balaban J connectivity index is 2.01. The highest BCUT2D eigenvalue weighted by Crippen LogP contribution is 2.37. The van der Waals surface area contributed by atoms with Gasteiger partial charge in [0.2, 0.25) is 0 Å². The molecular weight excluding hydrogens is 382 g/mol. The number of carbonyl (C=O) groups is 1. The molecule has 0 unspecified atom stereocenters. The Morgan fingerprint density at radius 2 is 2.00 bits per heavy atom. The molecule has 0 saturated carbocycles. The van der Waals surface area contributed by atoms with Gasteiger partial charge in [-0.3, -0.25) is 0 Å². The standard InChI is InChI=1S/C19H21N3O3S2/c1-4-14-11(2)27-18-15(14)17(26-10-9-25-19(20)23)21-16(22-18)12-5-7-13(24-3)8-6-12/h5-8H,4,9-10H2,1-3H3,(H2,20,23). The maximum Gasteiger partial charge on any atom is 0.404 e. The SMILES string of the molecule is CCc1c(C)sc2nc(-c3ccc(OC)cc3)nc(SCCOC(N)=O)c12. The molecule has 0 aliphatic heterocycles. The lowest BCUT2D eigenvalue weighted by atomic mass is 10.1. The predicted molar refractivity (Wildman–Crippen MR) is 110 cm³/mol. The van der Waals surface area contributed by atoms with E-state index >= 15 is 0 Å². The summed E-state index contributed by atoms with van der Waals surface area (Å²) in [6, 6.07) is 7.69. The van der Waals surface area contributed by atoms with E-state index in [1.54, 1.807) is 30.2 Å². The Bertz CT molecular complexity index is 955. The van der Waals surface area contributed by atoms with Crippen molar-refractivity contribution in [2.24, 2.45) is 5.73 Å². The van der Waals surface area contributed by atoms with Crippen LogP contribution >= 0.6 is 23.1 Å². The van der Waals surface area contributed by atoms with Gasteiger partial charge in [0.1, 0.15) is 22.2 Å². The molecule has 0 aliphatic rings. The number of aromatic nitrogens is 2. The first-order chi connectivity index (χ1) is 13.0. The highest BCUT2D eigenvalue weighted by atomic mass is 32.2. The van der Waals surface area contributed by atoms with Crippen molar-refractivity contribution in [1.29, 1.82) is 0 Å². The third kappa shape index (κ3) is 4.33. The molecule has 0 radical (unpaired) electrons. The van der Waals surface area contributed by atoms with Crippen LogP contribution in [0.3, 0.4) is 0 Å². The fourth-order valence-corrected chi connectivity index (χ4v) is 4.87. The van der Waals surface area contributed by atoms with Gasteiger partial charge in [-0.2, -0.15) is 0 Å². The quantitative estimate of drug-likeness (QED) is 0.357. The molecule has 27 heavy (non-hydrogen) atoms. The number of rotatable bonds is 7. The van der Waals surface area contributed by atoms with Crippen LogP contribution in [-0.4, -0.2) is 35.5 Å². The zero-order valence-electron chi connectivity index (χ0n) is 15.4. The number of thioether (sulfide) groups is 1. The summed E-state index contributed by atoms with van der Waals surface area (Å²) < 4.78 is 10.1. The van der Waals surface area contributed by atoms with Gasteiger partial charge in [-0.15, -0.1) is 23.1 Å². The number of aryl methyl sites for hydroxylation is 2. The van der Waals surface area contributed by atoms with Crippen LogP contribution < -0.4 is 10.5 Å². The predicted octanol–water partition coefficient (Wildman–Crippen LogP) is 4.43. The maximum atomic E-state index is 10.8.